The van der Waals surface area contributed by atoms with E-state index in [1.807, 2.05) is 33.7 Å². The normalized spacial score (nSPS) is 15.1. The summed E-state index contributed by atoms with van der Waals surface area (Å²) in [6.45, 7) is 2.03. The summed E-state index contributed by atoms with van der Waals surface area (Å²) >= 11 is 0. The molecule has 0 spiro atoms. The fourth-order valence-electron chi connectivity index (χ4n) is 2.71. The van der Waals surface area contributed by atoms with Crippen molar-refractivity contribution in [2.24, 2.45) is 0 Å². The highest BCUT2D eigenvalue weighted by Gasteiger charge is 2.19. The van der Waals surface area contributed by atoms with Crippen LogP contribution in [0, 0.1) is 0 Å². The lowest BCUT2D eigenvalue weighted by molar-refractivity contribution is -0.130. The molecule has 2 heterocycles. The molecule has 1 fully saturated rings. The summed E-state index contributed by atoms with van der Waals surface area (Å²) in [7, 11) is 0. The van der Waals surface area contributed by atoms with Gasteiger partial charge in [-0.05, 0) is 18.9 Å². The first-order valence-electron chi connectivity index (χ1n) is 6.60. The maximum atomic E-state index is 12.2. The Morgan fingerprint density at radius 2 is 1.95 bits per heavy atom. The lowest BCUT2D eigenvalue weighted by atomic mass is 10.2. The van der Waals surface area contributed by atoms with Crippen molar-refractivity contribution in [2.45, 2.75) is 19.4 Å². The number of hydrogen-bond acceptors (Lipinski definition) is 2. The first-order chi connectivity index (χ1) is 9.29. The number of rotatable bonds is 3. The molecule has 4 nitrogen and oxygen atoms in total. The lowest BCUT2D eigenvalue weighted by Gasteiger charge is -2.15. The number of likely N-dealkylation sites (tertiary alicyclic amines) is 1. The predicted molar refractivity (Wildman–Crippen MR) is 73.1 cm³/mol. The van der Waals surface area contributed by atoms with Gasteiger partial charge in [-0.25, -0.2) is 0 Å². The first-order valence-corrected chi connectivity index (χ1v) is 6.60. The number of aldehydes is 1. The molecule has 1 aliphatic heterocycles. The zero-order valence-corrected chi connectivity index (χ0v) is 10.7. The standard InChI is InChI=1S/C15H16N2O2/c18-11-12-9-17(14-6-2-1-5-13(12)14)10-15(19)16-7-3-4-8-16/h1-2,5-6,9,11H,3-4,7-8,10H2. The Morgan fingerprint density at radius 1 is 1.21 bits per heavy atom. The van der Waals surface area contributed by atoms with Gasteiger partial charge in [-0.1, -0.05) is 18.2 Å². The minimum absolute atomic E-state index is 0.135. The number of carbonyl (C=O) groups is 2. The summed E-state index contributed by atoms with van der Waals surface area (Å²) in [5.41, 5.74) is 1.59. The Bertz CT molecular complexity index is 624. The predicted octanol–water partition coefficient (Wildman–Crippen LogP) is 2.08. The number of benzene rings is 1. The molecule has 1 aliphatic rings. The highest BCUT2D eigenvalue weighted by Crippen LogP contribution is 2.20. The minimum Gasteiger partial charge on any atom is -0.341 e. The molecule has 0 N–H and O–H groups in total. The summed E-state index contributed by atoms with van der Waals surface area (Å²) < 4.78 is 1.87. The maximum Gasteiger partial charge on any atom is 0.242 e. The van der Waals surface area contributed by atoms with Gasteiger partial charge in [0.25, 0.3) is 0 Å². The van der Waals surface area contributed by atoms with E-state index in [1.54, 1.807) is 6.20 Å². The number of hydrogen-bond donors (Lipinski definition) is 0. The minimum atomic E-state index is 0.135. The van der Waals surface area contributed by atoms with E-state index in [0.29, 0.717) is 12.1 Å². The van der Waals surface area contributed by atoms with Crippen molar-refractivity contribution in [1.29, 1.82) is 0 Å². The Hall–Kier alpha value is -2.10. The second-order valence-electron chi connectivity index (χ2n) is 4.94. The zero-order chi connectivity index (χ0) is 13.2. The molecule has 2 aromatic rings. The molecule has 0 atom stereocenters. The topological polar surface area (TPSA) is 42.3 Å². The highest BCUT2D eigenvalue weighted by atomic mass is 16.2. The number of fused-ring (bicyclic) bond motifs is 1. The number of nitrogens with zero attached hydrogens (tertiary/aromatic N) is 2. The van der Waals surface area contributed by atoms with Gasteiger partial charge < -0.3 is 9.47 Å². The van der Waals surface area contributed by atoms with E-state index in [-0.39, 0.29) is 5.91 Å². The van der Waals surface area contributed by atoms with E-state index < -0.39 is 0 Å². The molecule has 0 saturated carbocycles. The van der Waals surface area contributed by atoms with E-state index in [4.69, 9.17) is 0 Å². The Kier molecular flexibility index (Phi) is 3.07. The van der Waals surface area contributed by atoms with Crippen LogP contribution in [0.2, 0.25) is 0 Å². The van der Waals surface area contributed by atoms with Gasteiger partial charge in [-0.2, -0.15) is 0 Å². The van der Waals surface area contributed by atoms with Crippen LogP contribution in [0.4, 0.5) is 0 Å². The van der Waals surface area contributed by atoms with Crippen LogP contribution in [0.1, 0.15) is 23.2 Å². The smallest absolute Gasteiger partial charge is 0.242 e. The molecular formula is C15H16N2O2. The molecule has 0 aliphatic carbocycles. The number of para-hydroxylation sites is 1. The molecule has 0 unspecified atom stereocenters. The first kappa shape index (κ1) is 12.0. The Labute approximate surface area is 111 Å². The van der Waals surface area contributed by atoms with Gasteiger partial charge in [0.05, 0.1) is 0 Å². The monoisotopic (exact) mass is 256 g/mol. The van der Waals surface area contributed by atoms with Crippen molar-refractivity contribution in [3.8, 4) is 0 Å². The number of carbonyl (C=O) groups excluding carboxylic acids is 2. The summed E-state index contributed by atoms with van der Waals surface area (Å²) in [4.78, 5) is 25.1. The molecule has 4 heteroatoms. The van der Waals surface area contributed by atoms with Crippen LogP contribution in [0.25, 0.3) is 10.9 Å². The average molecular weight is 256 g/mol. The van der Waals surface area contributed by atoms with Crippen LogP contribution in [0.15, 0.2) is 30.5 Å². The maximum absolute atomic E-state index is 12.2. The lowest BCUT2D eigenvalue weighted by Crippen LogP contribution is -2.30. The van der Waals surface area contributed by atoms with Crippen LogP contribution in [-0.4, -0.2) is 34.7 Å². The van der Waals surface area contributed by atoms with Crippen LogP contribution in [-0.2, 0) is 11.3 Å². The van der Waals surface area contributed by atoms with Crippen molar-refractivity contribution in [3.63, 3.8) is 0 Å². The Morgan fingerprint density at radius 3 is 2.68 bits per heavy atom. The molecule has 19 heavy (non-hydrogen) atoms. The van der Waals surface area contributed by atoms with Gasteiger partial charge in [0.15, 0.2) is 6.29 Å². The Balaban J connectivity index is 1.92. The van der Waals surface area contributed by atoms with Crippen molar-refractivity contribution in [1.82, 2.24) is 9.47 Å². The van der Waals surface area contributed by atoms with Crippen molar-refractivity contribution < 1.29 is 9.59 Å². The number of amides is 1. The average Bonchev–Trinajstić information content (AvgIpc) is 3.07. The summed E-state index contributed by atoms with van der Waals surface area (Å²) in [6, 6.07) is 7.69. The van der Waals surface area contributed by atoms with Gasteiger partial charge >= 0.3 is 0 Å². The van der Waals surface area contributed by atoms with E-state index in [9.17, 15) is 9.59 Å². The van der Waals surface area contributed by atoms with E-state index in [0.717, 1.165) is 43.1 Å². The third kappa shape index (κ3) is 2.14. The van der Waals surface area contributed by atoms with Crippen molar-refractivity contribution >= 4 is 23.1 Å². The van der Waals surface area contributed by atoms with E-state index in [1.165, 1.54) is 0 Å². The second-order valence-corrected chi connectivity index (χ2v) is 4.94. The fourth-order valence-corrected chi connectivity index (χ4v) is 2.71. The van der Waals surface area contributed by atoms with Crippen LogP contribution >= 0.6 is 0 Å². The van der Waals surface area contributed by atoms with Crippen LogP contribution in [0.3, 0.4) is 0 Å². The van der Waals surface area contributed by atoms with Gasteiger partial charge in [-0.15, -0.1) is 0 Å². The summed E-state index contributed by atoms with van der Waals surface area (Å²) in [5, 5.41) is 0.909. The molecule has 1 aromatic carbocycles. The third-order valence-electron chi connectivity index (χ3n) is 3.71. The van der Waals surface area contributed by atoms with E-state index >= 15 is 0 Å². The molecule has 3 rings (SSSR count). The molecule has 0 bridgehead atoms. The van der Waals surface area contributed by atoms with Crippen molar-refractivity contribution in [3.05, 3.63) is 36.0 Å². The SMILES string of the molecule is O=Cc1cn(CC(=O)N2CCCC2)c2ccccc12. The molecule has 98 valence electrons. The molecule has 1 saturated heterocycles. The number of aromatic nitrogens is 1. The highest BCUT2D eigenvalue weighted by molar-refractivity contribution is 5.98. The van der Waals surface area contributed by atoms with Crippen molar-refractivity contribution in [2.75, 3.05) is 13.1 Å². The molecular weight excluding hydrogens is 240 g/mol. The van der Waals surface area contributed by atoms with Gasteiger partial charge in [0, 0.05) is 35.8 Å². The van der Waals surface area contributed by atoms with Crippen LogP contribution < -0.4 is 0 Å². The molecule has 0 radical (unpaired) electrons. The largest absolute Gasteiger partial charge is 0.341 e. The zero-order valence-electron chi connectivity index (χ0n) is 10.7. The van der Waals surface area contributed by atoms with Gasteiger partial charge in [0.2, 0.25) is 5.91 Å². The van der Waals surface area contributed by atoms with Crippen LogP contribution in [0.5, 0.6) is 0 Å². The summed E-state index contributed by atoms with van der Waals surface area (Å²) in [5.74, 6) is 0.135. The fraction of sp³-hybridized carbons (Fsp3) is 0.333. The second kappa shape index (κ2) is 4.88. The van der Waals surface area contributed by atoms with E-state index in [2.05, 4.69) is 0 Å². The molecule has 1 amide bonds. The quantitative estimate of drug-likeness (QED) is 0.789. The summed E-state index contributed by atoms with van der Waals surface area (Å²) in [6.07, 6.45) is 4.81. The molecule has 1 aromatic heterocycles. The van der Waals surface area contributed by atoms with Gasteiger partial charge in [0.1, 0.15) is 6.54 Å². The van der Waals surface area contributed by atoms with Gasteiger partial charge in [-0.3, -0.25) is 9.59 Å². The third-order valence-corrected chi connectivity index (χ3v) is 3.71.